The molecule has 0 aliphatic carbocycles. The third kappa shape index (κ3) is 4.11. The Hall–Kier alpha value is -2.33. The second kappa shape index (κ2) is 7.79. The van der Waals surface area contributed by atoms with Gasteiger partial charge in [-0.05, 0) is 30.7 Å². The third-order valence-corrected chi connectivity index (χ3v) is 3.94. The van der Waals surface area contributed by atoms with Crippen LogP contribution in [0.4, 0.5) is 11.4 Å². The second-order valence-corrected chi connectivity index (χ2v) is 5.77. The molecule has 0 saturated carbocycles. The summed E-state index contributed by atoms with van der Waals surface area (Å²) in [5, 5.41) is 3.46. The Balaban J connectivity index is 1.80. The lowest BCUT2D eigenvalue weighted by atomic mass is 10.3. The SMILES string of the molecule is CCCCN1CN=C(Nc2ccccc2)N(c2ccccc2)C1. The maximum absolute atomic E-state index is 4.77. The van der Waals surface area contributed by atoms with Gasteiger partial charge in [-0.25, -0.2) is 4.99 Å². The van der Waals surface area contributed by atoms with Crippen LogP contribution in [0.15, 0.2) is 65.7 Å². The Labute approximate surface area is 138 Å². The molecule has 0 radical (unpaired) electrons. The second-order valence-electron chi connectivity index (χ2n) is 5.77. The number of hydrogen-bond acceptors (Lipinski definition) is 4. The zero-order valence-electron chi connectivity index (χ0n) is 13.7. The predicted octanol–water partition coefficient (Wildman–Crippen LogP) is 3.99. The average Bonchev–Trinajstić information content (AvgIpc) is 2.62. The van der Waals surface area contributed by atoms with E-state index >= 15 is 0 Å². The standard InChI is InChI=1S/C19H24N4/c1-2-3-14-22-15-20-19(21-17-10-6-4-7-11-17)23(16-22)18-12-8-5-9-13-18/h4-13H,2-3,14-16H2,1H3,(H,20,21). The molecule has 2 aromatic rings. The highest BCUT2D eigenvalue weighted by Crippen LogP contribution is 2.19. The average molecular weight is 308 g/mol. The van der Waals surface area contributed by atoms with Gasteiger partial charge in [-0.15, -0.1) is 0 Å². The van der Waals surface area contributed by atoms with Crippen LogP contribution < -0.4 is 10.2 Å². The van der Waals surface area contributed by atoms with Crippen molar-refractivity contribution in [2.75, 3.05) is 30.1 Å². The molecule has 2 aromatic carbocycles. The van der Waals surface area contributed by atoms with E-state index in [1.807, 2.05) is 24.3 Å². The first-order chi connectivity index (χ1) is 11.4. The van der Waals surface area contributed by atoms with E-state index in [2.05, 4.69) is 58.4 Å². The summed E-state index contributed by atoms with van der Waals surface area (Å²) in [6, 6.07) is 20.7. The molecule has 0 unspecified atom stereocenters. The van der Waals surface area contributed by atoms with Gasteiger partial charge in [0.25, 0.3) is 0 Å². The topological polar surface area (TPSA) is 30.9 Å². The van der Waals surface area contributed by atoms with E-state index in [1.165, 1.54) is 12.8 Å². The smallest absolute Gasteiger partial charge is 0.205 e. The highest BCUT2D eigenvalue weighted by Gasteiger charge is 2.21. The summed E-state index contributed by atoms with van der Waals surface area (Å²) in [7, 11) is 0. The normalized spacial score (nSPS) is 15.3. The molecule has 0 spiro atoms. The van der Waals surface area contributed by atoms with Crippen LogP contribution in [0.2, 0.25) is 0 Å². The van der Waals surface area contributed by atoms with Crippen LogP contribution in [0.3, 0.4) is 0 Å². The number of unbranched alkanes of at least 4 members (excludes halogenated alkanes) is 1. The lowest BCUT2D eigenvalue weighted by Gasteiger charge is -2.36. The Morgan fingerprint density at radius 2 is 1.70 bits per heavy atom. The molecular formula is C19H24N4. The minimum Gasteiger partial charge on any atom is -0.326 e. The van der Waals surface area contributed by atoms with E-state index in [9.17, 15) is 0 Å². The van der Waals surface area contributed by atoms with Crippen molar-refractivity contribution >= 4 is 17.3 Å². The summed E-state index contributed by atoms with van der Waals surface area (Å²) in [5.41, 5.74) is 2.23. The van der Waals surface area contributed by atoms with Gasteiger partial charge in [-0.2, -0.15) is 0 Å². The van der Waals surface area contributed by atoms with Gasteiger partial charge in [0.05, 0.1) is 13.3 Å². The lowest BCUT2D eigenvalue weighted by Crippen LogP contribution is -2.49. The summed E-state index contributed by atoms with van der Waals surface area (Å²) in [6.45, 7) is 4.92. The molecule has 4 heteroatoms. The Bertz CT molecular complexity index is 624. The number of hydrogen-bond donors (Lipinski definition) is 1. The van der Waals surface area contributed by atoms with Gasteiger partial charge in [0.2, 0.25) is 5.96 Å². The van der Waals surface area contributed by atoms with Crippen molar-refractivity contribution in [2.24, 2.45) is 4.99 Å². The van der Waals surface area contributed by atoms with Crippen molar-refractivity contribution in [3.05, 3.63) is 60.7 Å². The molecule has 3 rings (SSSR count). The fraction of sp³-hybridized carbons (Fsp3) is 0.316. The number of guanidine groups is 1. The van der Waals surface area contributed by atoms with Crippen molar-refractivity contribution in [1.82, 2.24) is 4.90 Å². The quantitative estimate of drug-likeness (QED) is 0.906. The minimum absolute atomic E-state index is 0.749. The highest BCUT2D eigenvalue weighted by molar-refractivity contribution is 6.05. The molecule has 1 aliphatic heterocycles. The molecule has 23 heavy (non-hydrogen) atoms. The van der Waals surface area contributed by atoms with Gasteiger partial charge in [0.15, 0.2) is 0 Å². The van der Waals surface area contributed by atoms with Gasteiger partial charge in [-0.1, -0.05) is 49.7 Å². The van der Waals surface area contributed by atoms with Gasteiger partial charge >= 0.3 is 0 Å². The van der Waals surface area contributed by atoms with Crippen LogP contribution in [0.25, 0.3) is 0 Å². The first-order valence-electron chi connectivity index (χ1n) is 8.28. The van der Waals surface area contributed by atoms with Crippen LogP contribution in [0.1, 0.15) is 19.8 Å². The predicted molar refractivity (Wildman–Crippen MR) is 97.8 cm³/mol. The number of benzene rings is 2. The minimum atomic E-state index is 0.749. The first-order valence-corrected chi connectivity index (χ1v) is 8.28. The van der Waals surface area contributed by atoms with E-state index in [4.69, 9.17) is 4.99 Å². The Morgan fingerprint density at radius 1 is 1.00 bits per heavy atom. The maximum Gasteiger partial charge on any atom is 0.205 e. The number of anilines is 2. The zero-order chi connectivity index (χ0) is 15.9. The van der Waals surface area contributed by atoms with Crippen LogP contribution in [0.5, 0.6) is 0 Å². The van der Waals surface area contributed by atoms with Crippen molar-refractivity contribution in [3.63, 3.8) is 0 Å². The van der Waals surface area contributed by atoms with E-state index in [1.54, 1.807) is 0 Å². The summed E-state index contributed by atoms with van der Waals surface area (Å²) in [4.78, 5) is 9.40. The van der Waals surface area contributed by atoms with Crippen molar-refractivity contribution < 1.29 is 0 Å². The molecule has 0 fully saturated rings. The summed E-state index contributed by atoms with van der Waals surface area (Å²) in [5.74, 6) is 0.912. The molecule has 1 N–H and O–H groups in total. The Morgan fingerprint density at radius 3 is 2.39 bits per heavy atom. The van der Waals surface area contributed by atoms with Gasteiger partial charge in [0.1, 0.15) is 0 Å². The molecule has 0 amide bonds. The van der Waals surface area contributed by atoms with Gasteiger partial charge in [0, 0.05) is 17.9 Å². The number of nitrogens with one attached hydrogen (secondary N) is 1. The lowest BCUT2D eigenvalue weighted by molar-refractivity contribution is 0.276. The van der Waals surface area contributed by atoms with Crippen LogP contribution >= 0.6 is 0 Å². The monoisotopic (exact) mass is 308 g/mol. The molecule has 4 nitrogen and oxygen atoms in total. The van der Waals surface area contributed by atoms with E-state index in [0.717, 1.165) is 37.2 Å². The van der Waals surface area contributed by atoms with Gasteiger partial charge < -0.3 is 5.32 Å². The van der Waals surface area contributed by atoms with Crippen molar-refractivity contribution in [2.45, 2.75) is 19.8 Å². The van der Waals surface area contributed by atoms with Crippen LogP contribution in [-0.2, 0) is 0 Å². The fourth-order valence-corrected chi connectivity index (χ4v) is 2.66. The largest absolute Gasteiger partial charge is 0.326 e. The maximum atomic E-state index is 4.77. The summed E-state index contributed by atoms with van der Waals surface area (Å²) in [6.07, 6.45) is 2.42. The third-order valence-electron chi connectivity index (χ3n) is 3.94. The molecule has 0 bridgehead atoms. The van der Waals surface area contributed by atoms with Crippen LogP contribution in [0, 0.1) is 0 Å². The van der Waals surface area contributed by atoms with Gasteiger partial charge in [-0.3, -0.25) is 9.80 Å². The fourth-order valence-electron chi connectivity index (χ4n) is 2.66. The Kier molecular flexibility index (Phi) is 5.27. The van der Waals surface area contributed by atoms with Crippen molar-refractivity contribution in [1.29, 1.82) is 0 Å². The molecular weight excluding hydrogens is 284 g/mol. The summed E-state index contributed by atoms with van der Waals surface area (Å²) < 4.78 is 0. The van der Waals surface area contributed by atoms with E-state index in [-0.39, 0.29) is 0 Å². The molecule has 1 aliphatic rings. The number of aliphatic imine (C=N–C) groups is 1. The molecule has 0 aromatic heterocycles. The highest BCUT2D eigenvalue weighted by atomic mass is 15.4. The zero-order valence-corrected chi connectivity index (χ0v) is 13.7. The van der Waals surface area contributed by atoms with E-state index in [0.29, 0.717) is 0 Å². The number of rotatable bonds is 5. The van der Waals surface area contributed by atoms with Crippen molar-refractivity contribution in [3.8, 4) is 0 Å². The first kappa shape index (κ1) is 15.6. The van der Waals surface area contributed by atoms with E-state index < -0.39 is 0 Å². The summed E-state index contributed by atoms with van der Waals surface area (Å²) >= 11 is 0. The molecule has 0 saturated heterocycles. The molecule has 0 atom stereocenters. The number of nitrogens with zero attached hydrogens (tertiary/aromatic N) is 3. The number of para-hydroxylation sites is 2. The molecule has 120 valence electrons. The molecule has 1 heterocycles. The van der Waals surface area contributed by atoms with Crippen LogP contribution in [-0.4, -0.2) is 30.7 Å².